The van der Waals surface area contributed by atoms with E-state index in [9.17, 15) is 19.8 Å². The normalized spacial score (nSPS) is 12.5. The molecule has 0 aromatic carbocycles. The average molecular weight is 1190 g/mol. The molecular formula is C78H153NO5. The van der Waals surface area contributed by atoms with Crippen molar-refractivity contribution in [2.24, 2.45) is 0 Å². The van der Waals surface area contributed by atoms with Gasteiger partial charge in [0.2, 0.25) is 5.91 Å². The van der Waals surface area contributed by atoms with Crippen LogP contribution in [0.1, 0.15) is 450 Å². The number of hydrogen-bond acceptors (Lipinski definition) is 5. The van der Waals surface area contributed by atoms with Crippen molar-refractivity contribution in [3.63, 3.8) is 0 Å². The molecule has 0 bridgehead atoms. The summed E-state index contributed by atoms with van der Waals surface area (Å²) < 4.78 is 5.49. The Morgan fingerprint density at radius 2 is 0.560 bits per heavy atom. The lowest BCUT2D eigenvalue weighted by Gasteiger charge is -2.22. The van der Waals surface area contributed by atoms with Gasteiger partial charge in [0.15, 0.2) is 0 Å². The number of rotatable bonds is 74. The highest BCUT2D eigenvalue weighted by atomic mass is 16.5. The van der Waals surface area contributed by atoms with Crippen molar-refractivity contribution in [1.82, 2.24) is 5.32 Å². The fourth-order valence-corrected chi connectivity index (χ4v) is 12.6. The molecule has 6 nitrogen and oxygen atoms in total. The predicted molar refractivity (Wildman–Crippen MR) is 370 cm³/mol. The minimum atomic E-state index is -0.660. The molecular weight excluding hydrogens is 1030 g/mol. The van der Waals surface area contributed by atoms with Crippen LogP contribution in [0.5, 0.6) is 0 Å². The largest absolute Gasteiger partial charge is 0.466 e. The van der Waals surface area contributed by atoms with Crippen LogP contribution in [-0.4, -0.2) is 47.4 Å². The smallest absolute Gasteiger partial charge is 0.305 e. The first kappa shape index (κ1) is 82.6. The third-order valence-electron chi connectivity index (χ3n) is 18.6. The van der Waals surface area contributed by atoms with Crippen LogP contribution in [0, 0.1) is 0 Å². The molecule has 0 radical (unpaired) electrons. The van der Waals surface area contributed by atoms with Gasteiger partial charge in [-0.25, -0.2) is 0 Å². The Morgan fingerprint density at radius 3 is 0.857 bits per heavy atom. The summed E-state index contributed by atoms with van der Waals surface area (Å²) in [5.41, 5.74) is 0. The van der Waals surface area contributed by atoms with Gasteiger partial charge in [0, 0.05) is 12.8 Å². The summed E-state index contributed by atoms with van der Waals surface area (Å²) >= 11 is 0. The molecule has 3 N–H and O–H groups in total. The highest BCUT2D eigenvalue weighted by Crippen LogP contribution is 2.20. The zero-order valence-electron chi connectivity index (χ0n) is 57.4. The van der Waals surface area contributed by atoms with Gasteiger partial charge in [-0.1, -0.05) is 398 Å². The Bertz CT molecular complexity index is 1270. The van der Waals surface area contributed by atoms with E-state index in [1.807, 2.05) is 0 Å². The van der Waals surface area contributed by atoms with Crippen LogP contribution >= 0.6 is 0 Å². The number of allylic oxidation sites excluding steroid dienone is 2. The summed E-state index contributed by atoms with van der Waals surface area (Å²) in [5, 5.41) is 23.4. The van der Waals surface area contributed by atoms with Crippen molar-refractivity contribution in [2.75, 3.05) is 13.2 Å². The van der Waals surface area contributed by atoms with E-state index in [0.29, 0.717) is 25.9 Å². The average Bonchev–Trinajstić information content (AvgIpc) is 3.51. The molecule has 0 saturated heterocycles. The molecule has 84 heavy (non-hydrogen) atoms. The maximum absolute atomic E-state index is 12.5. The van der Waals surface area contributed by atoms with Crippen LogP contribution in [0.3, 0.4) is 0 Å². The summed E-state index contributed by atoms with van der Waals surface area (Å²) in [4.78, 5) is 24.6. The minimum absolute atomic E-state index is 0.0150. The van der Waals surface area contributed by atoms with Gasteiger partial charge in [-0.05, 0) is 51.4 Å². The first-order valence-corrected chi connectivity index (χ1v) is 38.9. The molecule has 0 saturated carbocycles. The van der Waals surface area contributed by atoms with Crippen molar-refractivity contribution in [3.05, 3.63) is 12.2 Å². The lowest BCUT2D eigenvalue weighted by molar-refractivity contribution is -0.143. The van der Waals surface area contributed by atoms with Crippen LogP contribution in [0.4, 0.5) is 0 Å². The van der Waals surface area contributed by atoms with Crippen molar-refractivity contribution in [1.29, 1.82) is 0 Å². The number of unbranched alkanes of at least 4 members (excludes halogenated alkanes) is 61. The van der Waals surface area contributed by atoms with Crippen molar-refractivity contribution in [3.8, 4) is 0 Å². The van der Waals surface area contributed by atoms with Gasteiger partial charge in [-0.15, -0.1) is 0 Å². The van der Waals surface area contributed by atoms with Gasteiger partial charge in [0.05, 0.1) is 25.4 Å². The Kier molecular flexibility index (Phi) is 72.8. The summed E-state index contributed by atoms with van der Waals surface area (Å²) in [6.45, 7) is 4.98. The first-order chi connectivity index (χ1) is 41.5. The van der Waals surface area contributed by atoms with E-state index >= 15 is 0 Å². The Hall–Kier alpha value is -1.40. The Labute approximate surface area is 527 Å². The van der Waals surface area contributed by atoms with Crippen molar-refractivity contribution in [2.45, 2.75) is 463 Å². The Balaban J connectivity index is 3.29. The fraction of sp³-hybridized carbons (Fsp3) is 0.949. The second-order valence-electron chi connectivity index (χ2n) is 27.0. The summed E-state index contributed by atoms with van der Waals surface area (Å²) in [6.07, 6.45) is 93.1. The van der Waals surface area contributed by atoms with Gasteiger partial charge in [0.1, 0.15) is 0 Å². The number of amides is 1. The van der Waals surface area contributed by atoms with E-state index in [0.717, 1.165) is 44.9 Å². The molecule has 0 aliphatic heterocycles. The number of ether oxygens (including phenoxy) is 1. The molecule has 0 aromatic heterocycles. The molecule has 1 amide bonds. The topological polar surface area (TPSA) is 95.9 Å². The van der Waals surface area contributed by atoms with Crippen molar-refractivity contribution >= 4 is 11.9 Å². The zero-order chi connectivity index (χ0) is 60.6. The molecule has 0 aliphatic rings. The molecule has 6 heteroatoms. The van der Waals surface area contributed by atoms with E-state index in [-0.39, 0.29) is 18.5 Å². The van der Waals surface area contributed by atoms with Gasteiger partial charge in [0.25, 0.3) is 0 Å². The van der Waals surface area contributed by atoms with Crippen molar-refractivity contribution < 1.29 is 24.5 Å². The Morgan fingerprint density at radius 1 is 0.321 bits per heavy atom. The molecule has 0 rings (SSSR count). The number of hydrogen-bond donors (Lipinski definition) is 3. The van der Waals surface area contributed by atoms with Crippen LogP contribution in [0.2, 0.25) is 0 Å². The molecule has 0 aromatic rings. The molecule has 0 heterocycles. The van der Waals surface area contributed by atoms with Crippen LogP contribution < -0.4 is 5.32 Å². The zero-order valence-corrected chi connectivity index (χ0v) is 57.4. The third-order valence-corrected chi connectivity index (χ3v) is 18.6. The second-order valence-corrected chi connectivity index (χ2v) is 27.0. The lowest BCUT2D eigenvalue weighted by atomic mass is 10.0. The quantitative estimate of drug-likeness (QED) is 0.0320. The van der Waals surface area contributed by atoms with Gasteiger partial charge in [-0.2, -0.15) is 0 Å². The number of carbonyl (C=O) groups is 2. The van der Waals surface area contributed by atoms with E-state index in [2.05, 4.69) is 31.3 Å². The first-order valence-electron chi connectivity index (χ1n) is 38.9. The van der Waals surface area contributed by atoms with Crippen LogP contribution in [0.25, 0.3) is 0 Å². The van der Waals surface area contributed by atoms with E-state index in [4.69, 9.17) is 4.74 Å². The van der Waals surface area contributed by atoms with Gasteiger partial charge < -0.3 is 20.3 Å². The summed E-state index contributed by atoms with van der Waals surface area (Å²) in [5.74, 6) is -0.00964. The predicted octanol–water partition coefficient (Wildman–Crippen LogP) is 25.5. The monoisotopic (exact) mass is 1180 g/mol. The third kappa shape index (κ3) is 69.7. The highest BCUT2D eigenvalue weighted by Gasteiger charge is 2.20. The van der Waals surface area contributed by atoms with Gasteiger partial charge in [-0.3, -0.25) is 9.59 Å². The maximum atomic E-state index is 12.5. The van der Waals surface area contributed by atoms with Crippen LogP contribution in [0.15, 0.2) is 12.2 Å². The summed E-state index contributed by atoms with van der Waals surface area (Å²) in [7, 11) is 0. The molecule has 2 atom stereocenters. The van der Waals surface area contributed by atoms with Gasteiger partial charge >= 0.3 is 5.97 Å². The number of aliphatic hydroxyl groups excluding tert-OH is 2. The lowest BCUT2D eigenvalue weighted by Crippen LogP contribution is -2.45. The fourth-order valence-electron chi connectivity index (χ4n) is 12.6. The molecule has 500 valence electrons. The van der Waals surface area contributed by atoms with Crippen LogP contribution in [-0.2, 0) is 14.3 Å². The number of carbonyl (C=O) groups excluding carboxylic acids is 2. The second kappa shape index (κ2) is 74.1. The van der Waals surface area contributed by atoms with E-state index < -0.39 is 12.1 Å². The standard InChI is InChI=1S/C78H153NO5/c1-3-5-7-9-11-13-15-17-18-40-43-47-50-54-58-62-66-70-76(81)75(74-80)79-77(82)71-67-63-59-55-51-48-44-41-38-36-34-32-30-28-26-24-22-20-19-21-23-25-27-29-31-33-35-37-39-42-45-49-53-57-61-65-69-73-84-78(83)72-68-64-60-56-52-46-16-14-12-10-8-6-4-2/h14,16,75-76,80-81H,3-13,15,17-74H2,1-2H3,(H,79,82)/b16-14-. The van der Waals surface area contributed by atoms with E-state index in [1.54, 1.807) is 0 Å². The summed E-state index contributed by atoms with van der Waals surface area (Å²) in [6, 6.07) is -0.536. The number of esters is 1. The maximum Gasteiger partial charge on any atom is 0.305 e. The number of nitrogens with one attached hydrogen (secondary N) is 1. The molecule has 0 fully saturated rings. The molecule has 0 aliphatic carbocycles. The highest BCUT2D eigenvalue weighted by molar-refractivity contribution is 5.76. The minimum Gasteiger partial charge on any atom is -0.466 e. The molecule has 0 spiro atoms. The number of aliphatic hydroxyl groups is 2. The van der Waals surface area contributed by atoms with E-state index in [1.165, 1.54) is 372 Å². The SMILES string of the molecule is CCCCCC/C=C\CCCCCCCC(=O)OCCCCCCCCCCCCCCCCCCCCCCCCCCCCCCCCCCCCCCCC(=O)NC(CO)C(O)CCCCCCCCCCCCCCCCCCC. The molecule has 2 unspecified atom stereocenters.